The van der Waals surface area contributed by atoms with E-state index in [1.807, 2.05) is 6.08 Å². The minimum Gasteiger partial charge on any atom is -0.394 e. The molecule has 0 bridgehead atoms. The van der Waals surface area contributed by atoms with Crippen molar-refractivity contribution in [3.05, 3.63) is 48.6 Å². The minimum absolute atomic E-state index is 0.00381. The molecule has 0 aromatic rings. The molecule has 0 aromatic carbocycles. The standard InChI is InChI=1S/C50H93NO4/c1-3-5-7-9-11-13-15-17-19-21-23-24-26-27-29-31-33-35-37-39-41-43-47(53)45-50(55)51-48(46-52)49(54)44-42-40-38-36-34-32-30-28-25-22-20-18-16-14-12-10-8-6-4-2/h25,27-29,34,36,42,44,47-49,52-54H,3-24,26,30-33,35,37-41,43,45-46H2,1-2H3,(H,51,55)/b28-25+,29-27-,36-34+,44-42+. The Hall–Kier alpha value is -1.69. The Kier molecular flexibility index (Phi) is 43.6. The lowest BCUT2D eigenvalue weighted by molar-refractivity contribution is -0.124. The summed E-state index contributed by atoms with van der Waals surface area (Å²) in [5, 5.41) is 33.3. The molecule has 0 heterocycles. The van der Waals surface area contributed by atoms with Gasteiger partial charge in [0.05, 0.1) is 31.3 Å². The van der Waals surface area contributed by atoms with E-state index >= 15 is 0 Å². The molecule has 0 fully saturated rings. The summed E-state index contributed by atoms with van der Waals surface area (Å²) in [6.45, 7) is 4.20. The fraction of sp³-hybridized carbons (Fsp3) is 0.820. The fourth-order valence-electron chi connectivity index (χ4n) is 7.13. The number of aliphatic hydroxyl groups excluding tert-OH is 3. The van der Waals surface area contributed by atoms with E-state index in [0.29, 0.717) is 6.42 Å². The van der Waals surface area contributed by atoms with Crippen LogP contribution in [0.2, 0.25) is 0 Å². The van der Waals surface area contributed by atoms with Crippen molar-refractivity contribution in [3.63, 3.8) is 0 Å². The highest BCUT2D eigenvalue weighted by Crippen LogP contribution is 2.15. The quantitative estimate of drug-likeness (QED) is 0.0367. The average Bonchev–Trinajstić information content (AvgIpc) is 3.18. The highest BCUT2D eigenvalue weighted by molar-refractivity contribution is 5.76. The molecule has 0 aromatic heterocycles. The lowest BCUT2D eigenvalue weighted by Gasteiger charge is -2.20. The third-order valence-corrected chi connectivity index (χ3v) is 10.8. The van der Waals surface area contributed by atoms with Gasteiger partial charge in [-0.3, -0.25) is 4.79 Å². The van der Waals surface area contributed by atoms with Crippen molar-refractivity contribution in [3.8, 4) is 0 Å². The SMILES string of the molecule is CCCCCCCCCCC/C=C/CC/C=C/CC/C=C/C(O)C(CO)NC(=O)CC(O)CCCCCCC/C=C\CCCCCCCCCCCCCC. The number of unbranched alkanes of at least 4 members (excludes halogenated alkanes) is 28. The molecular weight excluding hydrogens is 679 g/mol. The molecule has 0 saturated heterocycles. The number of nitrogens with one attached hydrogen (secondary N) is 1. The van der Waals surface area contributed by atoms with E-state index in [-0.39, 0.29) is 18.9 Å². The maximum absolute atomic E-state index is 12.5. The second-order valence-electron chi connectivity index (χ2n) is 16.3. The van der Waals surface area contributed by atoms with Gasteiger partial charge < -0.3 is 20.6 Å². The lowest BCUT2D eigenvalue weighted by Crippen LogP contribution is -2.45. The number of aliphatic hydroxyl groups is 3. The molecular formula is C50H93NO4. The lowest BCUT2D eigenvalue weighted by atomic mass is 10.0. The summed E-state index contributed by atoms with van der Waals surface area (Å²) in [6, 6.07) is -0.771. The van der Waals surface area contributed by atoms with Crippen LogP contribution in [-0.4, -0.2) is 46.1 Å². The first-order valence-corrected chi connectivity index (χ1v) is 23.9. The van der Waals surface area contributed by atoms with Gasteiger partial charge in [-0.2, -0.15) is 0 Å². The second kappa shape index (κ2) is 45.0. The van der Waals surface area contributed by atoms with Gasteiger partial charge in [-0.05, 0) is 70.6 Å². The van der Waals surface area contributed by atoms with Crippen molar-refractivity contribution in [1.82, 2.24) is 5.32 Å². The maximum atomic E-state index is 12.5. The maximum Gasteiger partial charge on any atom is 0.222 e. The molecule has 322 valence electrons. The van der Waals surface area contributed by atoms with E-state index in [4.69, 9.17) is 0 Å². The number of hydrogen-bond donors (Lipinski definition) is 4. The molecule has 5 nitrogen and oxygen atoms in total. The summed E-state index contributed by atoms with van der Waals surface area (Å²) < 4.78 is 0. The molecule has 0 aliphatic carbocycles. The molecule has 1 amide bonds. The minimum atomic E-state index is -0.963. The molecule has 0 rings (SSSR count). The third kappa shape index (κ3) is 41.8. The van der Waals surface area contributed by atoms with Crippen LogP contribution >= 0.6 is 0 Å². The Bertz CT molecular complexity index is 896. The Balaban J connectivity index is 3.72. The normalized spacial score (nSPS) is 13.9. The van der Waals surface area contributed by atoms with Crippen molar-refractivity contribution in [2.45, 2.75) is 257 Å². The number of carbonyl (C=O) groups excluding carboxylic acids is 1. The number of amides is 1. The fourth-order valence-corrected chi connectivity index (χ4v) is 7.13. The first-order chi connectivity index (χ1) is 27.0. The van der Waals surface area contributed by atoms with Crippen molar-refractivity contribution in [2.24, 2.45) is 0 Å². The highest BCUT2D eigenvalue weighted by Gasteiger charge is 2.20. The van der Waals surface area contributed by atoms with Crippen LogP contribution in [0.3, 0.4) is 0 Å². The van der Waals surface area contributed by atoms with E-state index in [9.17, 15) is 20.1 Å². The number of rotatable bonds is 43. The topological polar surface area (TPSA) is 89.8 Å². The Morgan fingerprint density at radius 3 is 1.16 bits per heavy atom. The van der Waals surface area contributed by atoms with Crippen LogP contribution in [0.5, 0.6) is 0 Å². The molecule has 0 radical (unpaired) electrons. The second-order valence-corrected chi connectivity index (χ2v) is 16.3. The van der Waals surface area contributed by atoms with Crippen molar-refractivity contribution in [2.75, 3.05) is 6.61 Å². The smallest absolute Gasteiger partial charge is 0.222 e. The molecule has 4 N–H and O–H groups in total. The number of hydrogen-bond acceptors (Lipinski definition) is 4. The Labute approximate surface area is 342 Å². The molecule has 3 unspecified atom stereocenters. The monoisotopic (exact) mass is 772 g/mol. The molecule has 5 heteroatoms. The summed E-state index contributed by atoms with van der Waals surface area (Å²) >= 11 is 0. The first-order valence-electron chi connectivity index (χ1n) is 23.9. The van der Waals surface area contributed by atoms with Gasteiger partial charge in [0, 0.05) is 0 Å². The predicted molar refractivity (Wildman–Crippen MR) is 241 cm³/mol. The van der Waals surface area contributed by atoms with Crippen molar-refractivity contribution in [1.29, 1.82) is 0 Å². The molecule has 0 spiro atoms. The first kappa shape index (κ1) is 53.3. The van der Waals surface area contributed by atoms with Crippen LogP contribution in [0.4, 0.5) is 0 Å². The third-order valence-electron chi connectivity index (χ3n) is 10.8. The van der Waals surface area contributed by atoms with E-state index in [1.165, 1.54) is 161 Å². The number of carbonyl (C=O) groups is 1. The van der Waals surface area contributed by atoms with E-state index in [2.05, 4.69) is 55.6 Å². The predicted octanol–water partition coefficient (Wildman–Crippen LogP) is 14.1. The molecule has 55 heavy (non-hydrogen) atoms. The molecule has 0 saturated carbocycles. The summed E-state index contributed by atoms with van der Waals surface area (Å²) in [7, 11) is 0. The van der Waals surface area contributed by atoms with Gasteiger partial charge >= 0.3 is 0 Å². The van der Waals surface area contributed by atoms with Gasteiger partial charge in [-0.1, -0.05) is 210 Å². The summed E-state index contributed by atoms with van der Waals surface area (Å²) in [4.78, 5) is 12.5. The summed E-state index contributed by atoms with van der Waals surface area (Å²) in [5.74, 6) is -0.334. The Morgan fingerprint density at radius 1 is 0.455 bits per heavy atom. The van der Waals surface area contributed by atoms with Crippen LogP contribution < -0.4 is 5.32 Å². The van der Waals surface area contributed by atoms with Gasteiger partial charge in [-0.15, -0.1) is 0 Å². The van der Waals surface area contributed by atoms with E-state index in [1.54, 1.807) is 6.08 Å². The molecule has 3 atom stereocenters. The summed E-state index contributed by atoms with van der Waals surface area (Å²) in [5.41, 5.74) is 0. The van der Waals surface area contributed by atoms with Crippen LogP contribution in [0.25, 0.3) is 0 Å². The zero-order valence-electron chi connectivity index (χ0n) is 36.6. The van der Waals surface area contributed by atoms with Gasteiger partial charge in [0.1, 0.15) is 0 Å². The Morgan fingerprint density at radius 2 is 0.782 bits per heavy atom. The van der Waals surface area contributed by atoms with E-state index < -0.39 is 18.2 Å². The zero-order valence-corrected chi connectivity index (χ0v) is 36.6. The van der Waals surface area contributed by atoms with Gasteiger partial charge in [0.25, 0.3) is 0 Å². The highest BCUT2D eigenvalue weighted by atomic mass is 16.3. The molecule has 0 aliphatic rings. The van der Waals surface area contributed by atoms with Crippen LogP contribution in [0.1, 0.15) is 239 Å². The number of allylic oxidation sites excluding steroid dienone is 7. The van der Waals surface area contributed by atoms with Gasteiger partial charge in [-0.25, -0.2) is 0 Å². The van der Waals surface area contributed by atoms with Crippen molar-refractivity contribution < 1.29 is 20.1 Å². The van der Waals surface area contributed by atoms with Crippen LogP contribution in [0, 0.1) is 0 Å². The van der Waals surface area contributed by atoms with E-state index in [0.717, 1.165) is 51.4 Å². The largest absolute Gasteiger partial charge is 0.394 e. The van der Waals surface area contributed by atoms with Crippen molar-refractivity contribution >= 4 is 5.91 Å². The van der Waals surface area contributed by atoms with Gasteiger partial charge in [0.2, 0.25) is 5.91 Å². The van der Waals surface area contributed by atoms with Gasteiger partial charge in [0.15, 0.2) is 0 Å². The zero-order chi connectivity index (χ0) is 40.1. The average molecular weight is 772 g/mol. The van der Waals surface area contributed by atoms with Crippen LogP contribution in [0.15, 0.2) is 48.6 Å². The van der Waals surface area contributed by atoms with Crippen LogP contribution in [-0.2, 0) is 4.79 Å². The molecule has 0 aliphatic heterocycles. The summed E-state index contributed by atoms with van der Waals surface area (Å²) in [6.07, 6.45) is 58.4.